The van der Waals surface area contributed by atoms with Gasteiger partial charge in [0, 0.05) is 5.69 Å². The van der Waals surface area contributed by atoms with Gasteiger partial charge in [-0.05, 0) is 36.2 Å². The fourth-order valence-corrected chi connectivity index (χ4v) is 2.41. The number of hydrogen-bond donors (Lipinski definition) is 2. The van der Waals surface area contributed by atoms with E-state index in [9.17, 15) is 4.79 Å². The molecule has 25 heavy (non-hydrogen) atoms. The third kappa shape index (κ3) is 4.33. The Morgan fingerprint density at radius 3 is 2.44 bits per heavy atom. The summed E-state index contributed by atoms with van der Waals surface area (Å²) in [6, 6.07) is 15.1. The van der Waals surface area contributed by atoms with Crippen molar-refractivity contribution in [3.63, 3.8) is 0 Å². The van der Waals surface area contributed by atoms with Crippen molar-refractivity contribution < 1.29 is 4.79 Å². The van der Waals surface area contributed by atoms with Crippen molar-refractivity contribution in [1.29, 1.82) is 0 Å². The minimum absolute atomic E-state index is 0.215. The smallest absolute Gasteiger partial charge is 0.275 e. The molecule has 0 unspecified atom stereocenters. The lowest BCUT2D eigenvalue weighted by Gasteiger charge is -2.08. The molecular weight excluding hydrogens is 336 g/mol. The number of halogens is 1. The monoisotopic (exact) mass is 352 g/mol. The summed E-state index contributed by atoms with van der Waals surface area (Å²) in [5.41, 5.74) is 2.93. The van der Waals surface area contributed by atoms with E-state index in [1.54, 1.807) is 24.3 Å². The Bertz CT molecular complexity index is 863. The van der Waals surface area contributed by atoms with E-state index >= 15 is 0 Å². The summed E-state index contributed by atoms with van der Waals surface area (Å²) in [5.74, 6) is 0.206. The molecule has 2 aromatic carbocycles. The van der Waals surface area contributed by atoms with Gasteiger partial charge in [0.2, 0.25) is 0 Å². The maximum absolute atomic E-state index is 12.2. The van der Waals surface area contributed by atoms with E-state index in [0.29, 0.717) is 16.5 Å². The Hall–Kier alpha value is -2.92. The van der Waals surface area contributed by atoms with Crippen LogP contribution in [0.15, 0.2) is 60.9 Å². The van der Waals surface area contributed by atoms with Crippen LogP contribution >= 0.6 is 11.6 Å². The van der Waals surface area contributed by atoms with E-state index in [-0.39, 0.29) is 11.6 Å². The first-order chi connectivity index (χ1) is 12.2. The number of carbonyl (C=O) groups is 1. The van der Waals surface area contributed by atoms with E-state index in [0.717, 1.165) is 12.1 Å². The van der Waals surface area contributed by atoms with Gasteiger partial charge in [-0.3, -0.25) is 4.79 Å². The molecule has 0 atom stereocenters. The highest BCUT2D eigenvalue weighted by atomic mass is 35.5. The number of anilines is 3. The van der Waals surface area contributed by atoms with Crippen molar-refractivity contribution in [3.8, 4) is 0 Å². The minimum atomic E-state index is -0.362. The lowest BCUT2D eigenvalue weighted by molar-refractivity contribution is 0.102. The van der Waals surface area contributed by atoms with Crippen molar-refractivity contribution in [2.45, 2.75) is 13.3 Å². The molecule has 0 aliphatic rings. The molecule has 1 heterocycles. The van der Waals surface area contributed by atoms with Crippen LogP contribution in [0.3, 0.4) is 0 Å². The molecule has 0 fully saturated rings. The number of amides is 1. The predicted octanol–water partition coefficient (Wildman–Crippen LogP) is 4.69. The van der Waals surface area contributed by atoms with Crippen LogP contribution in [-0.4, -0.2) is 15.9 Å². The molecule has 0 bridgehead atoms. The van der Waals surface area contributed by atoms with Crippen molar-refractivity contribution in [3.05, 3.63) is 77.2 Å². The fourth-order valence-electron chi connectivity index (χ4n) is 2.23. The lowest BCUT2D eigenvalue weighted by atomic mass is 10.1. The number of nitrogens with zero attached hydrogens (tertiary/aromatic N) is 2. The molecular formula is C19H17ClN4O. The summed E-state index contributed by atoms with van der Waals surface area (Å²) in [7, 11) is 0. The zero-order valence-corrected chi connectivity index (χ0v) is 14.4. The van der Waals surface area contributed by atoms with Crippen molar-refractivity contribution in [2.75, 3.05) is 10.6 Å². The van der Waals surface area contributed by atoms with Crippen LogP contribution in [0.2, 0.25) is 5.02 Å². The van der Waals surface area contributed by atoms with Gasteiger partial charge in [-0.2, -0.15) is 0 Å². The minimum Gasteiger partial charge on any atom is -0.339 e. The second kappa shape index (κ2) is 7.77. The summed E-state index contributed by atoms with van der Waals surface area (Å²) in [4.78, 5) is 20.6. The Morgan fingerprint density at radius 2 is 1.80 bits per heavy atom. The lowest BCUT2D eigenvalue weighted by Crippen LogP contribution is -2.14. The molecule has 126 valence electrons. The van der Waals surface area contributed by atoms with Gasteiger partial charge in [0.1, 0.15) is 11.5 Å². The van der Waals surface area contributed by atoms with Crippen molar-refractivity contribution in [2.24, 2.45) is 0 Å². The molecule has 3 rings (SSSR count). The number of hydrogen-bond acceptors (Lipinski definition) is 4. The largest absolute Gasteiger partial charge is 0.339 e. The first-order valence-electron chi connectivity index (χ1n) is 7.89. The first kappa shape index (κ1) is 16.9. The number of para-hydroxylation sites is 1. The number of benzene rings is 2. The molecule has 0 saturated carbocycles. The second-order valence-corrected chi connectivity index (χ2v) is 5.80. The van der Waals surface area contributed by atoms with Crippen molar-refractivity contribution >= 4 is 34.7 Å². The highest BCUT2D eigenvalue weighted by Crippen LogP contribution is 2.21. The van der Waals surface area contributed by atoms with Crippen LogP contribution in [0.5, 0.6) is 0 Å². The summed E-state index contributed by atoms with van der Waals surface area (Å²) >= 11 is 6.03. The Balaban J connectivity index is 1.67. The molecule has 0 aliphatic carbocycles. The van der Waals surface area contributed by atoms with Crippen LogP contribution in [0.4, 0.5) is 17.2 Å². The van der Waals surface area contributed by atoms with Crippen LogP contribution in [-0.2, 0) is 6.42 Å². The molecule has 0 aliphatic heterocycles. The SMILES string of the molecule is CCc1ccc(Nc2cnc(C(=O)Nc3ccccc3Cl)cn2)cc1. The molecule has 3 aromatic rings. The standard InChI is InChI=1S/C19H17ClN4O/c1-2-13-7-9-14(10-8-13)23-18-12-21-17(11-22-18)19(25)24-16-6-4-3-5-15(16)20/h3-12H,2H2,1H3,(H,22,23)(H,24,25). The molecule has 6 heteroatoms. The summed E-state index contributed by atoms with van der Waals surface area (Å²) in [6.45, 7) is 2.11. The van der Waals surface area contributed by atoms with Gasteiger partial charge in [-0.25, -0.2) is 9.97 Å². The Morgan fingerprint density at radius 1 is 1.04 bits per heavy atom. The highest BCUT2D eigenvalue weighted by Gasteiger charge is 2.10. The van der Waals surface area contributed by atoms with Gasteiger partial charge in [0.25, 0.3) is 5.91 Å². The van der Waals surface area contributed by atoms with Gasteiger partial charge in [-0.15, -0.1) is 0 Å². The number of rotatable bonds is 5. The number of aryl methyl sites for hydroxylation is 1. The highest BCUT2D eigenvalue weighted by molar-refractivity contribution is 6.33. The molecule has 2 N–H and O–H groups in total. The molecule has 0 saturated heterocycles. The van der Waals surface area contributed by atoms with Gasteiger partial charge >= 0.3 is 0 Å². The average molecular weight is 353 g/mol. The van der Waals surface area contributed by atoms with Gasteiger partial charge in [-0.1, -0.05) is 42.8 Å². The number of aromatic nitrogens is 2. The average Bonchev–Trinajstić information content (AvgIpc) is 2.65. The third-order valence-electron chi connectivity index (χ3n) is 3.64. The van der Waals surface area contributed by atoms with E-state index in [1.165, 1.54) is 18.0 Å². The maximum atomic E-state index is 12.2. The maximum Gasteiger partial charge on any atom is 0.275 e. The van der Waals surface area contributed by atoms with Crippen LogP contribution in [0.25, 0.3) is 0 Å². The van der Waals surface area contributed by atoms with Gasteiger partial charge in [0.15, 0.2) is 0 Å². The predicted molar refractivity (Wildman–Crippen MR) is 101 cm³/mol. The van der Waals surface area contributed by atoms with E-state index in [1.807, 2.05) is 12.1 Å². The van der Waals surface area contributed by atoms with E-state index in [2.05, 4.69) is 39.7 Å². The summed E-state index contributed by atoms with van der Waals surface area (Å²) in [5, 5.41) is 6.34. The zero-order valence-electron chi connectivity index (χ0n) is 13.7. The third-order valence-corrected chi connectivity index (χ3v) is 3.97. The van der Waals surface area contributed by atoms with Crippen LogP contribution in [0.1, 0.15) is 23.0 Å². The summed E-state index contributed by atoms with van der Waals surface area (Å²) in [6.07, 6.45) is 3.94. The van der Waals surface area contributed by atoms with Gasteiger partial charge < -0.3 is 10.6 Å². The molecule has 1 amide bonds. The second-order valence-electron chi connectivity index (χ2n) is 5.40. The molecule has 0 radical (unpaired) electrons. The quantitative estimate of drug-likeness (QED) is 0.699. The Labute approximate surface area is 151 Å². The van der Waals surface area contributed by atoms with Gasteiger partial charge in [0.05, 0.1) is 23.1 Å². The number of carbonyl (C=O) groups excluding carboxylic acids is 1. The zero-order chi connectivity index (χ0) is 17.6. The molecule has 0 spiro atoms. The first-order valence-corrected chi connectivity index (χ1v) is 8.27. The van der Waals surface area contributed by atoms with Crippen molar-refractivity contribution in [1.82, 2.24) is 9.97 Å². The number of nitrogens with one attached hydrogen (secondary N) is 2. The van der Waals surface area contributed by atoms with Crippen LogP contribution < -0.4 is 10.6 Å². The summed E-state index contributed by atoms with van der Waals surface area (Å²) < 4.78 is 0. The van der Waals surface area contributed by atoms with Crippen LogP contribution in [0, 0.1) is 0 Å². The van der Waals surface area contributed by atoms with E-state index in [4.69, 9.17) is 11.6 Å². The van der Waals surface area contributed by atoms with E-state index < -0.39 is 0 Å². The topological polar surface area (TPSA) is 66.9 Å². The molecule has 5 nitrogen and oxygen atoms in total. The normalized spacial score (nSPS) is 10.3. The molecule has 1 aromatic heterocycles. The Kier molecular flexibility index (Phi) is 5.26. The fraction of sp³-hybridized carbons (Fsp3) is 0.105.